The van der Waals surface area contributed by atoms with E-state index in [2.05, 4.69) is 70.2 Å². The molecule has 3 aromatic carbocycles. The lowest BCUT2D eigenvalue weighted by Gasteiger charge is -2.18. The highest BCUT2D eigenvalue weighted by Gasteiger charge is 2.22. The highest BCUT2D eigenvalue weighted by atomic mass is 19.1. The van der Waals surface area contributed by atoms with Crippen LogP contribution in [0.2, 0.25) is 0 Å². The summed E-state index contributed by atoms with van der Waals surface area (Å²) >= 11 is 0. The van der Waals surface area contributed by atoms with Gasteiger partial charge >= 0.3 is 0 Å². The lowest BCUT2D eigenvalue weighted by Crippen LogP contribution is -2.05. The van der Waals surface area contributed by atoms with Crippen LogP contribution in [0.25, 0.3) is 45.2 Å². The number of fused-ring (bicyclic) bond motifs is 6. The number of halogens is 1. The van der Waals surface area contributed by atoms with Crippen molar-refractivity contribution in [3.63, 3.8) is 0 Å². The average molecular weight is 431 g/mol. The van der Waals surface area contributed by atoms with Gasteiger partial charge in [0.1, 0.15) is 5.82 Å². The molecule has 0 amide bonds. The zero-order chi connectivity index (χ0) is 21.9. The smallest absolute Gasteiger partial charge is 0.123 e. The summed E-state index contributed by atoms with van der Waals surface area (Å²) in [5, 5.41) is 2.60. The zero-order valence-corrected chi connectivity index (χ0v) is 18.2. The maximum atomic E-state index is 13.6. The van der Waals surface area contributed by atoms with E-state index in [1.165, 1.54) is 55.5 Å². The van der Waals surface area contributed by atoms with E-state index in [9.17, 15) is 4.39 Å². The van der Waals surface area contributed by atoms with Crippen LogP contribution in [0.3, 0.4) is 0 Å². The first-order valence-electron chi connectivity index (χ1n) is 11.7. The number of allylic oxidation sites excluding steroid dienone is 2. The maximum Gasteiger partial charge on any atom is 0.123 e. The largest absolute Gasteiger partial charge is 0.355 e. The molecule has 0 saturated heterocycles. The van der Waals surface area contributed by atoms with Gasteiger partial charge in [-0.3, -0.25) is 0 Å². The molecule has 0 atom stereocenters. The Morgan fingerprint density at radius 2 is 1.73 bits per heavy atom. The molecule has 1 N–H and O–H groups in total. The first kappa shape index (κ1) is 18.7. The standard InChI is InChI=1S/C30H23FN2/c31-21-11-13-22(14-12-21)33-29-8-4-2-6-24(29)26-18-20(10-16-30(26)33)19-9-15-28-25(17-19)23-5-1-3-7-27(23)32-28/h2-4,6-9,11-15,17-18,32H,1,5,10,16H2. The first-order valence-corrected chi connectivity index (χ1v) is 11.7. The van der Waals surface area contributed by atoms with Crippen LogP contribution in [0.4, 0.5) is 4.39 Å². The number of nitrogens with one attached hydrogen (secondary N) is 1. The number of para-hydroxylation sites is 1. The summed E-state index contributed by atoms with van der Waals surface area (Å²) in [7, 11) is 0. The molecule has 5 aromatic rings. The molecular weight excluding hydrogens is 407 g/mol. The van der Waals surface area contributed by atoms with E-state index < -0.39 is 0 Å². The Morgan fingerprint density at radius 1 is 0.848 bits per heavy atom. The molecule has 2 nitrogen and oxygen atoms in total. The summed E-state index contributed by atoms with van der Waals surface area (Å²) in [6, 6.07) is 22.2. The minimum atomic E-state index is -0.205. The SMILES string of the molecule is Fc1ccc(-n2c3c(c4ccccc42)C=C(c2ccc4[nH]c5c(c4c2)CCC=C5)CC3)cc1. The number of aryl methyl sites for hydroxylation is 1. The van der Waals surface area contributed by atoms with Crippen LogP contribution >= 0.6 is 0 Å². The van der Waals surface area contributed by atoms with Gasteiger partial charge in [-0.05, 0) is 97.0 Å². The van der Waals surface area contributed by atoms with E-state index in [1.54, 1.807) is 12.1 Å². The third-order valence-corrected chi connectivity index (χ3v) is 7.21. The fraction of sp³-hybridized carbons (Fsp3) is 0.133. The van der Waals surface area contributed by atoms with Crippen LogP contribution in [0.1, 0.15) is 40.9 Å². The molecular formula is C30H23FN2. The average Bonchev–Trinajstić information content (AvgIpc) is 3.39. The topological polar surface area (TPSA) is 20.7 Å². The normalized spacial score (nSPS) is 15.0. The van der Waals surface area contributed by atoms with Crippen LogP contribution in [-0.4, -0.2) is 9.55 Å². The van der Waals surface area contributed by atoms with Crippen molar-refractivity contribution >= 4 is 39.5 Å². The Labute approximate surface area is 191 Å². The molecule has 3 heteroatoms. The van der Waals surface area contributed by atoms with Gasteiger partial charge in [0.15, 0.2) is 0 Å². The maximum absolute atomic E-state index is 13.6. The summed E-state index contributed by atoms with van der Waals surface area (Å²) in [5.41, 5.74) is 11.4. The fourth-order valence-electron chi connectivity index (χ4n) is 5.65. The van der Waals surface area contributed by atoms with Gasteiger partial charge in [0.25, 0.3) is 0 Å². The van der Waals surface area contributed by atoms with Gasteiger partial charge in [-0.25, -0.2) is 4.39 Å². The predicted molar refractivity (Wildman–Crippen MR) is 135 cm³/mol. The van der Waals surface area contributed by atoms with E-state index in [-0.39, 0.29) is 5.82 Å². The second kappa shape index (κ2) is 7.08. The Balaban J connectivity index is 1.40. The summed E-state index contributed by atoms with van der Waals surface area (Å²) in [4.78, 5) is 3.58. The third kappa shape index (κ3) is 2.85. The quantitative estimate of drug-likeness (QED) is 0.296. The second-order valence-corrected chi connectivity index (χ2v) is 9.08. The summed E-state index contributed by atoms with van der Waals surface area (Å²) < 4.78 is 15.9. The van der Waals surface area contributed by atoms with E-state index in [0.29, 0.717) is 0 Å². The Morgan fingerprint density at radius 3 is 2.64 bits per heavy atom. The highest BCUT2D eigenvalue weighted by Crippen LogP contribution is 2.39. The van der Waals surface area contributed by atoms with Crippen molar-refractivity contribution < 1.29 is 4.39 Å². The van der Waals surface area contributed by atoms with Gasteiger partial charge in [-0.2, -0.15) is 0 Å². The van der Waals surface area contributed by atoms with Crippen LogP contribution in [0.15, 0.2) is 72.8 Å². The summed E-state index contributed by atoms with van der Waals surface area (Å²) in [5.74, 6) is -0.205. The lowest BCUT2D eigenvalue weighted by atomic mass is 9.90. The highest BCUT2D eigenvalue weighted by molar-refractivity contribution is 6.00. The van der Waals surface area contributed by atoms with Crippen LogP contribution in [0.5, 0.6) is 0 Å². The minimum Gasteiger partial charge on any atom is -0.355 e. The Kier molecular flexibility index (Phi) is 4.01. The number of aromatic nitrogens is 2. The van der Waals surface area contributed by atoms with Crippen molar-refractivity contribution in [2.24, 2.45) is 0 Å². The summed E-state index contributed by atoms with van der Waals surface area (Å²) in [6.45, 7) is 0. The van der Waals surface area contributed by atoms with Crippen molar-refractivity contribution in [2.75, 3.05) is 0 Å². The number of aromatic amines is 1. The predicted octanol–water partition coefficient (Wildman–Crippen LogP) is 7.70. The molecule has 160 valence electrons. The number of rotatable bonds is 2. The van der Waals surface area contributed by atoms with Gasteiger partial charge in [0, 0.05) is 38.9 Å². The zero-order valence-electron chi connectivity index (χ0n) is 18.2. The Bertz CT molecular complexity index is 1610. The van der Waals surface area contributed by atoms with Crippen LogP contribution < -0.4 is 0 Å². The monoisotopic (exact) mass is 430 g/mol. The molecule has 0 bridgehead atoms. The van der Waals surface area contributed by atoms with Gasteiger partial charge in [0.2, 0.25) is 0 Å². The van der Waals surface area contributed by atoms with Crippen LogP contribution in [-0.2, 0) is 12.8 Å². The number of hydrogen-bond donors (Lipinski definition) is 1. The number of nitrogens with zero attached hydrogens (tertiary/aromatic N) is 1. The van der Waals surface area contributed by atoms with Crippen molar-refractivity contribution in [2.45, 2.75) is 25.7 Å². The van der Waals surface area contributed by atoms with Gasteiger partial charge in [-0.1, -0.05) is 30.3 Å². The fourth-order valence-corrected chi connectivity index (χ4v) is 5.65. The molecule has 7 rings (SSSR count). The van der Waals surface area contributed by atoms with Crippen molar-refractivity contribution in [3.05, 3.63) is 107 Å². The molecule has 0 saturated carbocycles. The molecule has 0 unspecified atom stereocenters. The molecule has 2 aromatic heterocycles. The number of H-pyrrole nitrogens is 1. The van der Waals surface area contributed by atoms with E-state index in [0.717, 1.165) is 31.4 Å². The minimum absolute atomic E-state index is 0.205. The van der Waals surface area contributed by atoms with Crippen molar-refractivity contribution in [1.82, 2.24) is 9.55 Å². The number of hydrogen-bond acceptors (Lipinski definition) is 0. The molecule has 2 aliphatic carbocycles. The molecule has 2 heterocycles. The second-order valence-electron chi connectivity index (χ2n) is 9.08. The van der Waals surface area contributed by atoms with Crippen molar-refractivity contribution in [1.29, 1.82) is 0 Å². The first-order chi connectivity index (χ1) is 16.3. The molecule has 0 radical (unpaired) electrons. The molecule has 0 fully saturated rings. The molecule has 0 aliphatic heterocycles. The lowest BCUT2D eigenvalue weighted by molar-refractivity contribution is 0.627. The van der Waals surface area contributed by atoms with Gasteiger partial charge < -0.3 is 9.55 Å². The van der Waals surface area contributed by atoms with E-state index in [1.807, 2.05) is 12.1 Å². The third-order valence-electron chi connectivity index (χ3n) is 7.21. The van der Waals surface area contributed by atoms with Gasteiger partial charge in [0.05, 0.1) is 5.52 Å². The van der Waals surface area contributed by atoms with E-state index in [4.69, 9.17) is 0 Å². The summed E-state index contributed by atoms with van der Waals surface area (Å²) in [6.07, 6.45) is 11.0. The Hall–Kier alpha value is -3.85. The molecule has 0 spiro atoms. The molecule has 2 aliphatic rings. The molecule has 33 heavy (non-hydrogen) atoms. The van der Waals surface area contributed by atoms with Crippen LogP contribution in [0, 0.1) is 5.82 Å². The van der Waals surface area contributed by atoms with Gasteiger partial charge in [-0.15, -0.1) is 0 Å². The number of benzene rings is 3. The van der Waals surface area contributed by atoms with E-state index >= 15 is 0 Å². The van der Waals surface area contributed by atoms with Crippen molar-refractivity contribution in [3.8, 4) is 5.69 Å².